The Morgan fingerprint density at radius 3 is 2.80 bits per heavy atom. The molecule has 0 unspecified atom stereocenters. The molecule has 80 valence electrons. The third-order valence-electron chi connectivity index (χ3n) is 2.26. The van der Waals surface area contributed by atoms with Crippen molar-refractivity contribution in [1.29, 1.82) is 0 Å². The van der Waals surface area contributed by atoms with Gasteiger partial charge in [0.05, 0.1) is 0 Å². The quantitative estimate of drug-likeness (QED) is 0.788. The minimum absolute atomic E-state index is 0.328. The Bertz CT molecular complexity index is 429. The van der Waals surface area contributed by atoms with Gasteiger partial charge in [-0.05, 0) is 13.3 Å². The summed E-state index contributed by atoms with van der Waals surface area (Å²) in [6.07, 6.45) is 6.42. The van der Waals surface area contributed by atoms with Crippen molar-refractivity contribution >= 4 is 5.95 Å². The highest BCUT2D eigenvalue weighted by molar-refractivity contribution is 5.09. The predicted molar refractivity (Wildman–Crippen MR) is 56.0 cm³/mol. The molecule has 0 spiro atoms. The molecule has 0 aliphatic carbocycles. The maximum absolute atomic E-state index is 5.41. The van der Waals surface area contributed by atoms with Crippen molar-refractivity contribution in [2.45, 2.75) is 26.4 Å². The molecule has 2 aromatic heterocycles. The van der Waals surface area contributed by atoms with Crippen LogP contribution < -0.4 is 5.73 Å². The fourth-order valence-corrected chi connectivity index (χ4v) is 1.46. The molecule has 0 aromatic carbocycles. The van der Waals surface area contributed by atoms with Gasteiger partial charge in [0.1, 0.15) is 12.2 Å². The van der Waals surface area contributed by atoms with Crippen LogP contribution in [0.2, 0.25) is 0 Å². The zero-order valence-corrected chi connectivity index (χ0v) is 8.67. The van der Waals surface area contributed by atoms with E-state index < -0.39 is 0 Å². The van der Waals surface area contributed by atoms with E-state index in [2.05, 4.69) is 19.6 Å². The van der Waals surface area contributed by atoms with Crippen LogP contribution in [-0.4, -0.2) is 24.3 Å². The lowest BCUT2D eigenvalue weighted by Crippen LogP contribution is -2.05. The van der Waals surface area contributed by atoms with Crippen LogP contribution in [0.3, 0.4) is 0 Å². The molecule has 0 radical (unpaired) electrons. The fraction of sp³-hybridized carbons (Fsp3) is 0.444. The Kier molecular flexibility index (Phi) is 2.66. The summed E-state index contributed by atoms with van der Waals surface area (Å²) < 4.78 is 3.86. The Labute approximate surface area is 87.8 Å². The zero-order valence-electron chi connectivity index (χ0n) is 8.67. The van der Waals surface area contributed by atoms with E-state index in [-0.39, 0.29) is 0 Å². The van der Waals surface area contributed by atoms with Gasteiger partial charge in [-0.2, -0.15) is 0 Å². The van der Waals surface area contributed by atoms with Crippen molar-refractivity contribution in [3.05, 3.63) is 24.5 Å². The molecule has 0 bridgehead atoms. The summed E-state index contributed by atoms with van der Waals surface area (Å²) in [5, 5.41) is 4.01. The first kappa shape index (κ1) is 9.70. The smallest absolute Gasteiger partial charge is 0.239 e. The molecule has 6 heteroatoms. The van der Waals surface area contributed by atoms with E-state index in [9.17, 15) is 0 Å². The first-order valence-corrected chi connectivity index (χ1v) is 4.88. The largest absolute Gasteiger partial charge is 0.367 e. The summed E-state index contributed by atoms with van der Waals surface area (Å²) in [4.78, 5) is 8.01. The van der Waals surface area contributed by atoms with E-state index in [1.807, 2.05) is 19.3 Å². The van der Waals surface area contributed by atoms with Crippen LogP contribution in [0.4, 0.5) is 5.95 Å². The van der Waals surface area contributed by atoms with Gasteiger partial charge in [0.15, 0.2) is 0 Å². The number of nitrogen functional groups attached to an aromatic ring is 1. The summed E-state index contributed by atoms with van der Waals surface area (Å²) in [5.41, 5.74) is 5.41. The lowest BCUT2D eigenvalue weighted by molar-refractivity contribution is 0.521. The van der Waals surface area contributed by atoms with Crippen molar-refractivity contribution in [3.8, 4) is 0 Å². The summed E-state index contributed by atoms with van der Waals surface area (Å²) in [6.45, 7) is 3.75. The molecule has 2 N–H and O–H groups in total. The van der Waals surface area contributed by atoms with Crippen molar-refractivity contribution < 1.29 is 0 Å². The van der Waals surface area contributed by atoms with Gasteiger partial charge in [0.2, 0.25) is 5.95 Å². The van der Waals surface area contributed by atoms with E-state index in [0.29, 0.717) is 5.95 Å². The maximum Gasteiger partial charge on any atom is 0.239 e. The molecular weight excluding hydrogens is 192 g/mol. The lowest BCUT2D eigenvalue weighted by Gasteiger charge is -2.04. The highest BCUT2D eigenvalue weighted by atomic mass is 15.4. The van der Waals surface area contributed by atoms with E-state index >= 15 is 0 Å². The molecule has 0 saturated carbocycles. The first-order chi connectivity index (χ1) is 7.25. The minimum atomic E-state index is 0.328. The molecule has 2 rings (SSSR count). The van der Waals surface area contributed by atoms with Crippen LogP contribution in [0, 0.1) is 6.92 Å². The average molecular weight is 206 g/mol. The molecule has 2 aromatic rings. The number of rotatable bonds is 4. The number of hydrogen-bond acceptors (Lipinski definition) is 4. The van der Waals surface area contributed by atoms with Gasteiger partial charge in [-0.25, -0.2) is 9.97 Å². The molecule has 0 saturated heterocycles. The third kappa shape index (κ3) is 2.34. The maximum atomic E-state index is 5.41. The van der Waals surface area contributed by atoms with E-state index in [1.54, 1.807) is 11.0 Å². The normalized spacial score (nSPS) is 10.7. The highest BCUT2D eigenvalue weighted by Gasteiger charge is 1.98. The summed E-state index contributed by atoms with van der Waals surface area (Å²) in [6, 6.07) is 0. The van der Waals surface area contributed by atoms with Gasteiger partial charge < -0.3 is 10.3 Å². The van der Waals surface area contributed by atoms with E-state index in [0.717, 1.165) is 25.3 Å². The van der Waals surface area contributed by atoms with Gasteiger partial charge in [0, 0.05) is 25.5 Å². The van der Waals surface area contributed by atoms with Crippen LogP contribution in [-0.2, 0) is 13.1 Å². The molecular formula is C9H14N6. The molecule has 6 nitrogen and oxygen atoms in total. The summed E-state index contributed by atoms with van der Waals surface area (Å²) in [5.74, 6) is 1.36. The molecule has 0 aliphatic heterocycles. The molecule has 0 amide bonds. The number of hydrogen-bond donors (Lipinski definition) is 1. The minimum Gasteiger partial charge on any atom is -0.367 e. The van der Waals surface area contributed by atoms with Crippen LogP contribution in [0.5, 0.6) is 0 Å². The number of nitrogens with zero attached hydrogens (tertiary/aromatic N) is 5. The van der Waals surface area contributed by atoms with Gasteiger partial charge in [-0.1, -0.05) is 0 Å². The number of nitrogens with two attached hydrogens (primary N) is 1. The number of aromatic nitrogens is 5. The monoisotopic (exact) mass is 206 g/mol. The Morgan fingerprint density at radius 2 is 2.20 bits per heavy atom. The van der Waals surface area contributed by atoms with E-state index in [4.69, 9.17) is 5.73 Å². The van der Waals surface area contributed by atoms with Crippen LogP contribution >= 0.6 is 0 Å². The topological polar surface area (TPSA) is 74.5 Å². The van der Waals surface area contributed by atoms with Gasteiger partial charge in [0.25, 0.3) is 0 Å². The van der Waals surface area contributed by atoms with Gasteiger partial charge >= 0.3 is 0 Å². The Balaban J connectivity index is 1.83. The Hall–Kier alpha value is -1.85. The highest BCUT2D eigenvalue weighted by Crippen LogP contribution is 1.99. The SMILES string of the molecule is Cc1nccn1CCCn1cnc(N)n1. The first-order valence-electron chi connectivity index (χ1n) is 4.88. The average Bonchev–Trinajstić information content (AvgIpc) is 2.77. The Morgan fingerprint density at radius 1 is 1.33 bits per heavy atom. The molecule has 0 atom stereocenters. The van der Waals surface area contributed by atoms with Crippen LogP contribution in [0.15, 0.2) is 18.7 Å². The van der Waals surface area contributed by atoms with Crippen LogP contribution in [0.25, 0.3) is 0 Å². The zero-order chi connectivity index (χ0) is 10.7. The molecule has 0 fully saturated rings. The second kappa shape index (κ2) is 4.12. The number of imidazole rings is 1. The van der Waals surface area contributed by atoms with Crippen molar-refractivity contribution in [2.75, 3.05) is 5.73 Å². The summed E-state index contributed by atoms with van der Waals surface area (Å²) in [7, 11) is 0. The number of aryl methyl sites for hydroxylation is 3. The predicted octanol–water partition coefficient (Wildman–Crippen LogP) is 0.456. The number of anilines is 1. The van der Waals surface area contributed by atoms with Gasteiger partial charge in [-0.3, -0.25) is 4.68 Å². The fourth-order valence-electron chi connectivity index (χ4n) is 1.46. The second-order valence-electron chi connectivity index (χ2n) is 3.39. The van der Waals surface area contributed by atoms with Crippen molar-refractivity contribution in [3.63, 3.8) is 0 Å². The van der Waals surface area contributed by atoms with Crippen LogP contribution in [0.1, 0.15) is 12.2 Å². The second-order valence-corrected chi connectivity index (χ2v) is 3.39. The molecule has 15 heavy (non-hydrogen) atoms. The molecule has 0 aliphatic rings. The van der Waals surface area contributed by atoms with Crippen molar-refractivity contribution in [1.82, 2.24) is 24.3 Å². The standard InChI is InChI=1S/C9H14N6/c1-8-11-3-6-14(8)4-2-5-15-7-12-9(10)13-15/h3,6-7H,2,4-5H2,1H3,(H2,10,13). The lowest BCUT2D eigenvalue weighted by atomic mass is 10.4. The van der Waals surface area contributed by atoms with Crippen molar-refractivity contribution in [2.24, 2.45) is 0 Å². The third-order valence-corrected chi connectivity index (χ3v) is 2.26. The van der Waals surface area contributed by atoms with E-state index in [1.165, 1.54) is 0 Å². The van der Waals surface area contributed by atoms with Gasteiger partial charge in [-0.15, -0.1) is 5.10 Å². The summed E-state index contributed by atoms with van der Waals surface area (Å²) >= 11 is 0. The molecule has 2 heterocycles.